The zero-order valence-electron chi connectivity index (χ0n) is 19.6. The van der Waals surface area contributed by atoms with E-state index in [2.05, 4.69) is 10.6 Å². The van der Waals surface area contributed by atoms with Crippen molar-refractivity contribution in [2.75, 3.05) is 24.4 Å². The van der Waals surface area contributed by atoms with Crippen molar-refractivity contribution in [1.82, 2.24) is 5.32 Å². The second kappa shape index (κ2) is 10.1. The van der Waals surface area contributed by atoms with E-state index in [-0.39, 0.29) is 6.03 Å². The summed E-state index contributed by atoms with van der Waals surface area (Å²) >= 11 is 0. The Balaban J connectivity index is 1.79. The summed E-state index contributed by atoms with van der Waals surface area (Å²) in [7, 11) is 2.83. The van der Waals surface area contributed by atoms with Gasteiger partial charge >= 0.3 is 12.0 Å². The number of amides is 3. The van der Waals surface area contributed by atoms with Crippen LogP contribution < -0.4 is 20.3 Å². The summed E-state index contributed by atoms with van der Waals surface area (Å²) in [5.41, 5.74) is 2.97. The van der Waals surface area contributed by atoms with Gasteiger partial charge in [0.25, 0.3) is 5.91 Å². The van der Waals surface area contributed by atoms with Crippen LogP contribution in [0.5, 0.6) is 5.75 Å². The maximum absolute atomic E-state index is 13.7. The predicted octanol–water partition coefficient (Wildman–Crippen LogP) is 4.67. The number of urea groups is 1. The van der Waals surface area contributed by atoms with Gasteiger partial charge in [0.05, 0.1) is 42.8 Å². The van der Waals surface area contributed by atoms with Gasteiger partial charge in [0.1, 0.15) is 5.75 Å². The first-order valence-electron chi connectivity index (χ1n) is 10.9. The van der Waals surface area contributed by atoms with Gasteiger partial charge in [-0.1, -0.05) is 42.5 Å². The number of esters is 1. The molecule has 0 fully saturated rings. The quantitative estimate of drug-likeness (QED) is 0.510. The van der Waals surface area contributed by atoms with E-state index in [4.69, 9.17) is 9.47 Å². The average Bonchev–Trinajstić information content (AvgIpc) is 2.88. The number of benzene rings is 3. The summed E-state index contributed by atoms with van der Waals surface area (Å²) in [6, 6.07) is 21.6. The van der Waals surface area contributed by atoms with Crippen LogP contribution in [0, 0.1) is 0 Å². The molecular weight excluding hydrogens is 446 g/mol. The van der Waals surface area contributed by atoms with Gasteiger partial charge in [-0.3, -0.25) is 9.69 Å². The molecule has 0 radical (unpaired) electrons. The topological polar surface area (TPSA) is 97.0 Å². The highest BCUT2D eigenvalue weighted by Crippen LogP contribution is 2.35. The molecular formula is C27H25N3O5. The Kier molecular flexibility index (Phi) is 6.82. The van der Waals surface area contributed by atoms with Crippen LogP contribution in [-0.2, 0) is 9.53 Å². The number of hydrogen-bond donors (Lipinski definition) is 2. The molecule has 0 spiro atoms. The number of nitrogens with one attached hydrogen (secondary N) is 2. The van der Waals surface area contributed by atoms with Crippen molar-refractivity contribution < 1.29 is 23.9 Å². The highest BCUT2D eigenvalue weighted by molar-refractivity contribution is 6.10. The molecule has 0 saturated carbocycles. The molecule has 0 saturated heterocycles. The van der Waals surface area contributed by atoms with Crippen LogP contribution in [-0.4, -0.2) is 32.1 Å². The van der Waals surface area contributed by atoms with E-state index in [0.29, 0.717) is 39.5 Å². The largest absolute Gasteiger partial charge is 0.495 e. The Bertz CT molecular complexity index is 1290. The van der Waals surface area contributed by atoms with Gasteiger partial charge in [-0.25, -0.2) is 9.59 Å². The number of rotatable bonds is 6. The minimum Gasteiger partial charge on any atom is -0.495 e. The minimum absolute atomic E-state index is 0.352. The standard InChI is InChI=1S/C27H25N3O5/c1-17-23(25(31)28-21-11-7-8-12-22(21)34-2)24(18-13-15-19(16-14-18)26(32)35-3)29-27(33)30(17)20-9-5-4-6-10-20/h4-16,24H,1-3H3,(H,28,31)(H,29,33). The third kappa shape index (κ3) is 4.72. The average molecular weight is 472 g/mol. The molecule has 3 aromatic rings. The Morgan fingerprint density at radius 2 is 1.57 bits per heavy atom. The van der Waals surface area contributed by atoms with Crippen molar-refractivity contribution in [2.45, 2.75) is 13.0 Å². The maximum atomic E-state index is 13.7. The second-order valence-corrected chi connectivity index (χ2v) is 7.82. The normalized spacial score (nSPS) is 15.3. The number of ether oxygens (including phenoxy) is 2. The first-order valence-corrected chi connectivity index (χ1v) is 10.9. The highest BCUT2D eigenvalue weighted by Gasteiger charge is 2.36. The molecule has 1 aliphatic heterocycles. The number of carbonyl (C=O) groups is 3. The van der Waals surface area contributed by atoms with E-state index in [1.807, 2.05) is 24.3 Å². The fourth-order valence-corrected chi connectivity index (χ4v) is 4.04. The van der Waals surface area contributed by atoms with Crippen molar-refractivity contribution >= 4 is 29.3 Å². The Morgan fingerprint density at radius 3 is 2.23 bits per heavy atom. The molecule has 1 atom stereocenters. The van der Waals surface area contributed by atoms with Gasteiger partial charge in [0.15, 0.2) is 0 Å². The molecule has 1 unspecified atom stereocenters. The van der Waals surface area contributed by atoms with Crippen LogP contribution in [0.2, 0.25) is 0 Å². The third-order valence-electron chi connectivity index (χ3n) is 5.76. The predicted molar refractivity (Wildman–Crippen MR) is 132 cm³/mol. The van der Waals surface area contributed by atoms with Crippen molar-refractivity contribution in [3.8, 4) is 5.75 Å². The van der Waals surface area contributed by atoms with E-state index in [0.717, 1.165) is 0 Å². The molecule has 2 N–H and O–H groups in total. The molecule has 8 nitrogen and oxygen atoms in total. The molecule has 35 heavy (non-hydrogen) atoms. The summed E-state index contributed by atoms with van der Waals surface area (Å²) in [4.78, 5) is 40.2. The number of nitrogens with zero attached hydrogens (tertiary/aromatic N) is 1. The SMILES string of the molecule is COC(=O)c1ccc(C2NC(=O)N(c3ccccc3)C(C)=C2C(=O)Nc2ccccc2OC)cc1. The number of anilines is 2. The van der Waals surface area contributed by atoms with E-state index in [9.17, 15) is 14.4 Å². The first-order chi connectivity index (χ1) is 16.9. The monoisotopic (exact) mass is 471 g/mol. The molecule has 3 amide bonds. The number of carbonyl (C=O) groups excluding carboxylic acids is 3. The van der Waals surface area contributed by atoms with Crippen molar-refractivity contribution in [1.29, 1.82) is 0 Å². The number of hydrogen-bond acceptors (Lipinski definition) is 5. The maximum Gasteiger partial charge on any atom is 0.337 e. The van der Waals surface area contributed by atoms with E-state index < -0.39 is 17.9 Å². The van der Waals surface area contributed by atoms with E-state index in [1.165, 1.54) is 19.1 Å². The summed E-state index contributed by atoms with van der Waals surface area (Å²) in [6.07, 6.45) is 0. The van der Waals surface area contributed by atoms with Gasteiger partial charge in [-0.2, -0.15) is 0 Å². The Labute approximate surface area is 203 Å². The van der Waals surface area contributed by atoms with E-state index >= 15 is 0 Å². The van der Waals surface area contributed by atoms with Crippen molar-refractivity contribution in [2.24, 2.45) is 0 Å². The summed E-state index contributed by atoms with van der Waals surface area (Å²) in [5, 5.41) is 5.85. The molecule has 3 aromatic carbocycles. The molecule has 1 heterocycles. The lowest BCUT2D eigenvalue weighted by molar-refractivity contribution is -0.113. The summed E-state index contributed by atoms with van der Waals surface area (Å²) in [6.45, 7) is 1.73. The van der Waals surface area contributed by atoms with Crippen LogP contribution >= 0.6 is 0 Å². The lowest BCUT2D eigenvalue weighted by atomic mass is 9.93. The van der Waals surface area contributed by atoms with E-state index in [1.54, 1.807) is 61.5 Å². The Morgan fingerprint density at radius 1 is 0.914 bits per heavy atom. The Hall–Kier alpha value is -4.59. The lowest BCUT2D eigenvalue weighted by Gasteiger charge is -2.36. The number of para-hydroxylation sites is 3. The second-order valence-electron chi connectivity index (χ2n) is 7.82. The van der Waals surface area contributed by atoms with Gasteiger partial charge in [-0.15, -0.1) is 0 Å². The molecule has 0 aromatic heterocycles. The van der Waals surface area contributed by atoms with Crippen LogP contribution in [0.15, 0.2) is 90.1 Å². The molecule has 0 aliphatic carbocycles. The van der Waals surface area contributed by atoms with Gasteiger partial charge < -0.3 is 20.1 Å². The molecule has 178 valence electrons. The van der Waals surface area contributed by atoms with Gasteiger partial charge in [-0.05, 0) is 48.9 Å². The van der Waals surface area contributed by atoms with Crippen LogP contribution in [0.1, 0.15) is 28.9 Å². The summed E-state index contributed by atoms with van der Waals surface area (Å²) in [5.74, 6) is -0.354. The first kappa shape index (κ1) is 23.6. The fraction of sp³-hybridized carbons (Fsp3) is 0.148. The number of methoxy groups -OCH3 is 2. The molecule has 4 rings (SSSR count). The molecule has 0 bridgehead atoms. The molecule has 8 heteroatoms. The smallest absolute Gasteiger partial charge is 0.337 e. The zero-order chi connectivity index (χ0) is 24.9. The fourth-order valence-electron chi connectivity index (χ4n) is 4.04. The van der Waals surface area contributed by atoms with Crippen LogP contribution in [0.4, 0.5) is 16.2 Å². The minimum atomic E-state index is -0.746. The van der Waals surface area contributed by atoms with Gasteiger partial charge in [0.2, 0.25) is 0 Å². The van der Waals surface area contributed by atoms with Crippen molar-refractivity contribution in [3.05, 3.63) is 101 Å². The van der Waals surface area contributed by atoms with Crippen LogP contribution in [0.3, 0.4) is 0 Å². The van der Waals surface area contributed by atoms with Gasteiger partial charge in [0, 0.05) is 5.70 Å². The summed E-state index contributed by atoms with van der Waals surface area (Å²) < 4.78 is 10.1. The molecule has 1 aliphatic rings. The third-order valence-corrected chi connectivity index (χ3v) is 5.76. The van der Waals surface area contributed by atoms with Crippen LogP contribution in [0.25, 0.3) is 0 Å². The zero-order valence-corrected chi connectivity index (χ0v) is 19.6. The number of allylic oxidation sites excluding steroid dienone is 1. The highest BCUT2D eigenvalue weighted by atomic mass is 16.5. The lowest BCUT2D eigenvalue weighted by Crippen LogP contribution is -2.48. The van der Waals surface area contributed by atoms with Crippen molar-refractivity contribution in [3.63, 3.8) is 0 Å².